The predicted molar refractivity (Wildman–Crippen MR) is 72.7 cm³/mol. The number of ether oxygens (including phenoxy) is 1. The molecule has 4 nitrogen and oxygen atoms in total. The number of aromatic nitrogens is 2. The van der Waals surface area contributed by atoms with Crippen LogP contribution < -0.4 is 5.32 Å². The van der Waals surface area contributed by atoms with Gasteiger partial charge < -0.3 is 10.1 Å². The first-order valence-corrected chi connectivity index (χ1v) is 6.71. The molecule has 0 bridgehead atoms. The maximum Gasteiger partial charge on any atom is 0.162 e. The standard InChI is InChI=1S/C14H23N3O/c1-10(2)8-11-9-12(15-3)17-13(16-11)14(18-4)6-5-7-14/h9-10H,5-8H2,1-4H3,(H,15,16,17). The average molecular weight is 249 g/mol. The highest BCUT2D eigenvalue weighted by molar-refractivity contribution is 5.36. The topological polar surface area (TPSA) is 47.0 Å². The molecule has 1 aliphatic rings. The summed E-state index contributed by atoms with van der Waals surface area (Å²) < 4.78 is 5.67. The van der Waals surface area contributed by atoms with Gasteiger partial charge in [-0.25, -0.2) is 9.97 Å². The van der Waals surface area contributed by atoms with E-state index in [1.165, 1.54) is 6.42 Å². The minimum absolute atomic E-state index is 0.238. The molecule has 0 aromatic carbocycles. The van der Waals surface area contributed by atoms with Gasteiger partial charge >= 0.3 is 0 Å². The number of methoxy groups -OCH3 is 1. The molecule has 1 aliphatic carbocycles. The second-order valence-electron chi connectivity index (χ2n) is 5.47. The van der Waals surface area contributed by atoms with Crippen molar-refractivity contribution in [2.24, 2.45) is 5.92 Å². The molecule has 1 aromatic heterocycles. The van der Waals surface area contributed by atoms with Gasteiger partial charge in [0, 0.05) is 25.9 Å². The van der Waals surface area contributed by atoms with Gasteiger partial charge in [-0.3, -0.25) is 0 Å². The Balaban J connectivity index is 2.34. The summed E-state index contributed by atoms with van der Waals surface area (Å²) in [5, 5.41) is 3.12. The summed E-state index contributed by atoms with van der Waals surface area (Å²) in [7, 11) is 3.65. The molecule has 1 N–H and O–H groups in total. The second-order valence-corrected chi connectivity index (χ2v) is 5.47. The fourth-order valence-electron chi connectivity index (χ4n) is 2.37. The van der Waals surface area contributed by atoms with Crippen LogP contribution in [0.2, 0.25) is 0 Å². The molecular weight excluding hydrogens is 226 g/mol. The van der Waals surface area contributed by atoms with Crippen molar-refractivity contribution in [2.75, 3.05) is 19.5 Å². The summed E-state index contributed by atoms with van der Waals surface area (Å²) in [6, 6.07) is 2.03. The average Bonchev–Trinajstić information content (AvgIpc) is 2.27. The maximum absolute atomic E-state index is 5.67. The van der Waals surface area contributed by atoms with Crippen molar-refractivity contribution in [1.29, 1.82) is 0 Å². The van der Waals surface area contributed by atoms with Gasteiger partial charge in [-0.2, -0.15) is 0 Å². The van der Waals surface area contributed by atoms with Crippen LogP contribution in [0, 0.1) is 5.92 Å². The number of hydrogen-bond donors (Lipinski definition) is 1. The highest BCUT2D eigenvalue weighted by Crippen LogP contribution is 2.42. The molecule has 18 heavy (non-hydrogen) atoms. The van der Waals surface area contributed by atoms with Crippen molar-refractivity contribution in [3.8, 4) is 0 Å². The van der Waals surface area contributed by atoms with E-state index in [2.05, 4.69) is 24.1 Å². The first kappa shape index (κ1) is 13.3. The summed E-state index contributed by atoms with van der Waals surface area (Å²) in [4.78, 5) is 9.29. The van der Waals surface area contributed by atoms with E-state index in [0.29, 0.717) is 5.92 Å². The Labute approximate surface area is 109 Å². The molecule has 0 aliphatic heterocycles. The third-order valence-corrected chi connectivity index (χ3v) is 3.61. The normalized spacial score (nSPS) is 17.6. The molecule has 1 aromatic rings. The van der Waals surface area contributed by atoms with E-state index in [4.69, 9.17) is 9.72 Å². The van der Waals surface area contributed by atoms with Crippen LogP contribution in [-0.4, -0.2) is 24.1 Å². The quantitative estimate of drug-likeness (QED) is 0.871. The van der Waals surface area contributed by atoms with E-state index >= 15 is 0 Å². The van der Waals surface area contributed by atoms with Crippen LogP contribution in [0.25, 0.3) is 0 Å². The number of anilines is 1. The lowest BCUT2D eigenvalue weighted by Gasteiger charge is -2.39. The monoisotopic (exact) mass is 249 g/mol. The van der Waals surface area contributed by atoms with E-state index < -0.39 is 0 Å². The molecular formula is C14H23N3O. The van der Waals surface area contributed by atoms with Crippen molar-refractivity contribution in [1.82, 2.24) is 9.97 Å². The predicted octanol–water partition coefficient (Wildman–Crippen LogP) is 2.74. The SMILES string of the molecule is CNc1cc(CC(C)C)nc(C2(OC)CCC2)n1. The third kappa shape index (κ3) is 2.48. The molecule has 100 valence electrons. The minimum Gasteiger partial charge on any atom is -0.373 e. The second kappa shape index (κ2) is 5.22. The summed E-state index contributed by atoms with van der Waals surface area (Å²) in [6.45, 7) is 4.41. The van der Waals surface area contributed by atoms with Crippen LogP contribution in [0.15, 0.2) is 6.07 Å². The van der Waals surface area contributed by atoms with Crippen LogP contribution >= 0.6 is 0 Å². The summed E-state index contributed by atoms with van der Waals surface area (Å²) >= 11 is 0. The van der Waals surface area contributed by atoms with E-state index in [1.807, 2.05) is 13.1 Å². The van der Waals surface area contributed by atoms with Crippen molar-refractivity contribution >= 4 is 5.82 Å². The number of rotatable bonds is 5. The fraction of sp³-hybridized carbons (Fsp3) is 0.714. The minimum atomic E-state index is -0.238. The van der Waals surface area contributed by atoms with Crippen LogP contribution in [0.3, 0.4) is 0 Å². The largest absolute Gasteiger partial charge is 0.373 e. The Morgan fingerprint density at radius 2 is 2.11 bits per heavy atom. The molecule has 0 amide bonds. The van der Waals surface area contributed by atoms with E-state index in [-0.39, 0.29) is 5.60 Å². The van der Waals surface area contributed by atoms with Gasteiger partial charge in [0.2, 0.25) is 0 Å². The highest BCUT2D eigenvalue weighted by atomic mass is 16.5. The molecule has 0 atom stereocenters. The molecule has 0 saturated heterocycles. The molecule has 0 radical (unpaired) electrons. The lowest BCUT2D eigenvalue weighted by Crippen LogP contribution is -2.38. The number of hydrogen-bond acceptors (Lipinski definition) is 4. The zero-order valence-corrected chi connectivity index (χ0v) is 11.8. The van der Waals surface area contributed by atoms with Gasteiger partial charge in [-0.05, 0) is 31.6 Å². The van der Waals surface area contributed by atoms with Crippen molar-refractivity contribution in [2.45, 2.75) is 45.1 Å². The van der Waals surface area contributed by atoms with Gasteiger partial charge in [-0.15, -0.1) is 0 Å². The zero-order chi connectivity index (χ0) is 13.2. The van der Waals surface area contributed by atoms with Gasteiger partial charge in [0.25, 0.3) is 0 Å². The summed E-state index contributed by atoms with van der Waals surface area (Å²) in [5.74, 6) is 2.33. The summed E-state index contributed by atoms with van der Waals surface area (Å²) in [5.41, 5.74) is 0.862. The third-order valence-electron chi connectivity index (χ3n) is 3.61. The number of nitrogens with one attached hydrogen (secondary N) is 1. The van der Waals surface area contributed by atoms with Crippen molar-refractivity contribution in [3.05, 3.63) is 17.6 Å². The molecule has 1 heterocycles. The Morgan fingerprint density at radius 3 is 2.56 bits per heavy atom. The van der Waals surface area contributed by atoms with Crippen LogP contribution in [-0.2, 0) is 16.8 Å². The molecule has 4 heteroatoms. The maximum atomic E-state index is 5.67. The highest BCUT2D eigenvalue weighted by Gasteiger charge is 2.42. The van der Waals surface area contributed by atoms with Crippen molar-refractivity contribution < 1.29 is 4.74 Å². The van der Waals surface area contributed by atoms with E-state index in [0.717, 1.165) is 36.6 Å². The Kier molecular flexibility index (Phi) is 3.85. The van der Waals surface area contributed by atoms with E-state index in [9.17, 15) is 0 Å². The lowest BCUT2D eigenvalue weighted by molar-refractivity contribution is -0.0847. The van der Waals surface area contributed by atoms with Gasteiger partial charge in [0.15, 0.2) is 5.82 Å². The van der Waals surface area contributed by atoms with Gasteiger partial charge in [0.1, 0.15) is 11.4 Å². The molecule has 0 unspecified atom stereocenters. The summed E-state index contributed by atoms with van der Waals surface area (Å²) in [6.07, 6.45) is 4.22. The van der Waals surface area contributed by atoms with E-state index in [1.54, 1.807) is 7.11 Å². The first-order valence-electron chi connectivity index (χ1n) is 6.71. The smallest absolute Gasteiger partial charge is 0.162 e. The Hall–Kier alpha value is -1.16. The number of nitrogens with zero attached hydrogens (tertiary/aromatic N) is 2. The lowest BCUT2D eigenvalue weighted by atomic mass is 9.79. The zero-order valence-electron chi connectivity index (χ0n) is 11.8. The molecule has 1 saturated carbocycles. The van der Waals surface area contributed by atoms with Gasteiger partial charge in [0.05, 0.1) is 0 Å². The van der Waals surface area contributed by atoms with Gasteiger partial charge in [-0.1, -0.05) is 13.8 Å². The Morgan fingerprint density at radius 1 is 1.39 bits per heavy atom. The van der Waals surface area contributed by atoms with Crippen molar-refractivity contribution in [3.63, 3.8) is 0 Å². The molecule has 2 rings (SSSR count). The molecule has 1 fully saturated rings. The first-order chi connectivity index (χ1) is 8.59. The van der Waals surface area contributed by atoms with Crippen LogP contribution in [0.5, 0.6) is 0 Å². The Bertz CT molecular complexity index is 408. The fourth-order valence-corrected chi connectivity index (χ4v) is 2.37. The molecule has 0 spiro atoms. The van der Waals surface area contributed by atoms with Crippen LogP contribution in [0.4, 0.5) is 5.82 Å². The van der Waals surface area contributed by atoms with Crippen LogP contribution in [0.1, 0.15) is 44.6 Å².